The molecule has 4 heteroatoms. The zero-order valence-electron chi connectivity index (χ0n) is 33.7. The van der Waals surface area contributed by atoms with E-state index in [0.29, 0.717) is 28.5 Å². The molecule has 0 bridgehead atoms. The summed E-state index contributed by atoms with van der Waals surface area (Å²) in [7, 11) is 6.51. The Morgan fingerprint density at radius 3 is 1.69 bits per heavy atom. The van der Waals surface area contributed by atoms with E-state index in [-0.39, 0.29) is 5.41 Å². The maximum absolute atomic E-state index is 2.45. The van der Waals surface area contributed by atoms with Crippen molar-refractivity contribution in [1.29, 1.82) is 0 Å². The second kappa shape index (κ2) is 15.3. The van der Waals surface area contributed by atoms with Crippen LogP contribution in [-0.2, 0) is 13.0 Å². The lowest BCUT2D eigenvalue weighted by atomic mass is 9.82. The van der Waals surface area contributed by atoms with Gasteiger partial charge in [-0.05, 0) is 70.0 Å². The summed E-state index contributed by atoms with van der Waals surface area (Å²) in [6.07, 6.45) is 12.2. The molecule has 0 saturated carbocycles. The topological polar surface area (TPSA) is 12.5 Å². The number of hydrogen-bond donors (Lipinski definition) is 0. The summed E-state index contributed by atoms with van der Waals surface area (Å²) in [5.41, 5.74) is 10.1. The number of nitrogens with zero attached hydrogens (tertiary/aromatic N) is 4. The van der Waals surface area contributed by atoms with Gasteiger partial charge in [0.1, 0.15) is 14.1 Å². The highest BCUT2D eigenvalue weighted by molar-refractivity contribution is 5.91. The number of benzene rings is 2. The molecular weight excluding hydrogens is 585 g/mol. The van der Waals surface area contributed by atoms with Crippen molar-refractivity contribution >= 4 is 17.1 Å². The fourth-order valence-corrected chi connectivity index (χ4v) is 7.78. The summed E-state index contributed by atoms with van der Waals surface area (Å²) >= 11 is 0. The molecular formula is C44H70N4+2. The fraction of sp³-hybridized carbons (Fsp3) is 0.591. The van der Waals surface area contributed by atoms with Gasteiger partial charge in [0.15, 0.2) is 17.6 Å². The van der Waals surface area contributed by atoms with Crippen LogP contribution in [0.1, 0.15) is 126 Å². The van der Waals surface area contributed by atoms with Gasteiger partial charge in [0.25, 0.3) is 0 Å². The van der Waals surface area contributed by atoms with Crippen molar-refractivity contribution < 1.29 is 9.15 Å². The first kappa shape index (κ1) is 39.5. The van der Waals surface area contributed by atoms with Crippen molar-refractivity contribution in [3.05, 3.63) is 89.8 Å². The molecule has 4 aliphatic rings. The van der Waals surface area contributed by atoms with E-state index in [1.165, 1.54) is 40.2 Å². The van der Waals surface area contributed by atoms with Crippen LogP contribution in [0.5, 0.6) is 0 Å². The number of hydrogen-bond acceptors (Lipinski definition) is 2. The molecule has 0 aliphatic carbocycles. The van der Waals surface area contributed by atoms with Crippen LogP contribution < -0.4 is 0 Å². The highest BCUT2D eigenvalue weighted by atomic mass is 15.2. The van der Waals surface area contributed by atoms with Gasteiger partial charge in [-0.1, -0.05) is 111 Å². The Balaban J connectivity index is 0.000000176. The third-order valence-corrected chi connectivity index (χ3v) is 9.94. The summed E-state index contributed by atoms with van der Waals surface area (Å²) in [6, 6.07) is 18.7. The van der Waals surface area contributed by atoms with E-state index in [9.17, 15) is 0 Å². The van der Waals surface area contributed by atoms with Gasteiger partial charge in [-0.3, -0.25) is 4.90 Å². The molecule has 264 valence electrons. The molecule has 0 saturated heterocycles. The molecule has 0 N–H and O–H groups in total. The molecule has 4 aliphatic heterocycles. The van der Waals surface area contributed by atoms with Crippen molar-refractivity contribution in [3.8, 4) is 0 Å². The van der Waals surface area contributed by atoms with Gasteiger partial charge in [-0.2, -0.15) is 0 Å². The maximum Gasteiger partial charge on any atom is 0.208 e. The van der Waals surface area contributed by atoms with Gasteiger partial charge in [-0.15, -0.1) is 0 Å². The van der Waals surface area contributed by atoms with E-state index >= 15 is 0 Å². The molecule has 2 aromatic carbocycles. The Labute approximate surface area is 296 Å². The summed E-state index contributed by atoms with van der Waals surface area (Å²) in [5, 5.41) is 0. The minimum absolute atomic E-state index is 0.272. The first-order valence-corrected chi connectivity index (χ1v) is 18.2. The zero-order valence-corrected chi connectivity index (χ0v) is 33.7. The number of fused-ring (bicyclic) bond motifs is 2. The van der Waals surface area contributed by atoms with Crippen LogP contribution in [0.4, 0.5) is 5.69 Å². The van der Waals surface area contributed by atoms with Crippen LogP contribution in [0, 0.1) is 16.2 Å². The Hall–Kier alpha value is -2.98. The first-order chi connectivity index (χ1) is 22.0. The average molecular weight is 655 g/mol. The van der Waals surface area contributed by atoms with Gasteiger partial charge < -0.3 is 4.90 Å². The van der Waals surface area contributed by atoms with E-state index in [0.717, 1.165) is 19.4 Å². The largest absolute Gasteiger partial charge is 0.370 e. The number of para-hydroxylation sites is 1. The lowest BCUT2D eigenvalue weighted by molar-refractivity contribution is -0.423. The molecule has 0 radical (unpaired) electrons. The van der Waals surface area contributed by atoms with Gasteiger partial charge in [0.05, 0.1) is 12.8 Å². The standard InChI is InChI=1S/C13H19N.C13H18N.C9H16N.C9H17N/c1-13(2,3)12-11-8-6-5-7-10(11)9-14(12)4;1-13(2,3)12-9-10-7-5-6-8-11(10)14(12)4;1-9(2,3)8-6-5-7-10(8)4;1-8-6-5-7-10(8)9(2,3)4/h5-8,12H,9H2,1-4H3;5-8H,9H2,1-4H3;5,7H,6H2,1-4H3;5,7-8H,6H2,1-4H3/q;2*+1;/t;;;8-/m...0/s1. The van der Waals surface area contributed by atoms with Crippen LogP contribution in [0.15, 0.2) is 73.1 Å². The van der Waals surface area contributed by atoms with E-state index in [1.807, 2.05) is 0 Å². The predicted molar refractivity (Wildman–Crippen MR) is 210 cm³/mol. The smallest absolute Gasteiger partial charge is 0.208 e. The molecule has 0 amide bonds. The van der Waals surface area contributed by atoms with Crippen LogP contribution in [-0.4, -0.2) is 63.1 Å². The van der Waals surface area contributed by atoms with E-state index in [1.54, 1.807) is 0 Å². The Bertz CT molecular complexity index is 1510. The van der Waals surface area contributed by atoms with Crippen molar-refractivity contribution in [1.82, 2.24) is 9.80 Å². The van der Waals surface area contributed by atoms with Crippen molar-refractivity contribution in [2.24, 2.45) is 16.2 Å². The second-order valence-electron chi connectivity index (χ2n) is 18.4. The van der Waals surface area contributed by atoms with Crippen LogP contribution in [0.2, 0.25) is 0 Å². The van der Waals surface area contributed by atoms with Gasteiger partial charge >= 0.3 is 0 Å². The average Bonchev–Trinajstić information content (AvgIpc) is 3.73. The molecule has 48 heavy (non-hydrogen) atoms. The zero-order chi connectivity index (χ0) is 36.2. The number of allylic oxidation sites excluding steroid dienone is 1. The molecule has 0 spiro atoms. The summed E-state index contributed by atoms with van der Waals surface area (Å²) in [6.45, 7) is 30.7. The molecule has 0 aromatic heterocycles. The molecule has 2 aromatic rings. The fourth-order valence-electron chi connectivity index (χ4n) is 7.78. The SMILES string of the molecule is CN1Cc2ccccc2C1C(C)(C)C.C[C@H]1CC=CN1C(C)(C)C.C[N+]1=C(C(C)(C)C)CC=C1.C[N+]1=C(C(C)(C)C)Cc2ccccc21. The lowest BCUT2D eigenvalue weighted by Crippen LogP contribution is -2.40. The number of rotatable bonds is 0. The lowest BCUT2D eigenvalue weighted by Gasteiger charge is -2.36. The second-order valence-corrected chi connectivity index (χ2v) is 18.4. The highest BCUT2D eigenvalue weighted by Crippen LogP contribution is 2.43. The Morgan fingerprint density at radius 2 is 1.27 bits per heavy atom. The molecule has 1 unspecified atom stereocenters. The predicted octanol–water partition coefficient (Wildman–Crippen LogP) is 10.6. The quantitative estimate of drug-likeness (QED) is 0.262. The van der Waals surface area contributed by atoms with E-state index < -0.39 is 0 Å². The van der Waals surface area contributed by atoms with Crippen LogP contribution in [0.25, 0.3) is 0 Å². The van der Waals surface area contributed by atoms with Gasteiger partial charge in [0.2, 0.25) is 5.69 Å². The molecule has 0 fully saturated rings. The molecule has 4 nitrogen and oxygen atoms in total. The van der Waals surface area contributed by atoms with Gasteiger partial charge in [-0.25, -0.2) is 9.15 Å². The Morgan fingerprint density at radius 1 is 0.708 bits per heavy atom. The third kappa shape index (κ3) is 10.0. The van der Waals surface area contributed by atoms with Crippen LogP contribution in [0.3, 0.4) is 0 Å². The summed E-state index contributed by atoms with van der Waals surface area (Å²) < 4.78 is 4.56. The monoisotopic (exact) mass is 655 g/mol. The molecule has 6 rings (SSSR count). The Kier molecular flexibility index (Phi) is 12.6. The summed E-state index contributed by atoms with van der Waals surface area (Å²) in [5.74, 6) is 0. The normalized spacial score (nSPS) is 20.5. The molecule has 2 atom stereocenters. The maximum atomic E-state index is 2.45. The molecule has 4 heterocycles. The minimum atomic E-state index is 0.272. The van der Waals surface area contributed by atoms with Crippen molar-refractivity contribution in [2.75, 3.05) is 21.1 Å². The van der Waals surface area contributed by atoms with Crippen molar-refractivity contribution in [3.63, 3.8) is 0 Å². The van der Waals surface area contributed by atoms with E-state index in [2.05, 4.69) is 203 Å². The minimum Gasteiger partial charge on any atom is -0.370 e. The van der Waals surface area contributed by atoms with Crippen LogP contribution >= 0.6 is 0 Å². The van der Waals surface area contributed by atoms with Gasteiger partial charge in [0, 0.05) is 46.6 Å². The highest BCUT2D eigenvalue weighted by Gasteiger charge is 2.36. The first-order valence-electron chi connectivity index (χ1n) is 18.2. The van der Waals surface area contributed by atoms with E-state index in [4.69, 9.17) is 0 Å². The third-order valence-electron chi connectivity index (χ3n) is 9.94. The summed E-state index contributed by atoms with van der Waals surface area (Å²) in [4.78, 5) is 4.86. The van der Waals surface area contributed by atoms with Crippen molar-refractivity contribution in [2.45, 2.75) is 133 Å².